The van der Waals surface area contributed by atoms with Crippen LogP contribution < -0.4 is 0 Å². The van der Waals surface area contributed by atoms with Gasteiger partial charge in [-0.1, -0.05) is 129 Å². The molecular formula is C33H66NO7+. The number of aliphatic hydroxyl groups excluding tert-OH is 1. The van der Waals surface area contributed by atoms with Crippen molar-refractivity contribution in [3.05, 3.63) is 0 Å². The van der Waals surface area contributed by atoms with Crippen molar-refractivity contribution in [2.75, 3.05) is 47.5 Å². The molecule has 0 fully saturated rings. The Balaban J connectivity index is 3.49. The summed E-state index contributed by atoms with van der Waals surface area (Å²) >= 11 is 0. The molecule has 8 nitrogen and oxygen atoms in total. The SMILES string of the molecule is CCCCCCCCCCCCCCCCCCCCCCC(=O)OCC(O)COC(OCC[N+](C)(C)C)C(=O)O. The minimum absolute atomic E-state index is 0.213. The van der Waals surface area contributed by atoms with Gasteiger partial charge < -0.3 is 28.9 Å². The normalized spacial score (nSPS) is 13.3. The van der Waals surface area contributed by atoms with Gasteiger partial charge in [-0.15, -0.1) is 0 Å². The second-order valence-electron chi connectivity index (χ2n) is 12.7. The lowest BCUT2D eigenvalue weighted by atomic mass is 10.0. The molecule has 0 rings (SSSR count). The van der Waals surface area contributed by atoms with Crippen LogP contribution in [0.5, 0.6) is 0 Å². The van der Waals surface area contributed by atoms with Crippen LogP contribution in [-0.4, -0.2) is 86.5 Å². The molecule has 0 heterocycles. The van der Waals surface area contributed by atoms with Crippen molar-refractivity contribution in [2.24, 2.45) is 0 Å². The van der Waals surface area contributed by atoms with E-state index in [4.69, 9.17) is 14.2 Å². The van der Waals surface area contributed by atoms with Crippen molar-refractivity contribution in [1.82, 2.24) is 0 Å². The van der Waals surface area contributed by atoms with Gasteiger partial charge in [-0.25, -0.2) is 4.79 Å². The maximum absolute atomic E-state index is 11.9. The third-order valence-corrected chi connectivity index (χ3v) is 7.34. The predicted octanol–water partition coefficient (Wildman–Crippen LogP) is 7.25. The molecule has 0 radical (unpaired) electrons. The van der Waals surface area contributed by atoms with Crippen LogP contribution >= 0.6 is 0 Å². The summed E-state index contributed by atoms with van der Waals surface area (Å²) < 4.78 is 16.1. The maximum atomic E-state index is 11.9. The Labute approximate surface area is 252 Å². The van der Waals surface area contributed by atoms with Gasteiger partial charge in [-0.05, 0) is 6.42 Å². The fraction of sp³-hybridized carbons (Fsp3) is 0.939. The van der Waals surface area contributed by atoms with E-state index >= 15 is 0 Å². The zero-order valence-electron chi connectivity index (χ0n) is 27.2. The minimum atomic E-state index is -1.46. The molecule has 0 aliphatic carbocycles. The first kappa shape index (κ1) is 39.8. The minimum Gasteiger partial charge on any atom is -0.477 e. The molecule has 0 aromatic rings. The van der Waals surface area contributed by atoms with Crippen molar-refractivity contribution >= 4 is 11.9 Å². The van der Waals surface area contributed by atoms with E-state index in [1.54, 1.807) is 0 Å². The summed E-state index contributed by atoms with van der Waals surface area (Å²) in [5, 5.41) is 19.2. The molecule has 0 aliphatic heterocycles. The smallest absolute Gasteiger partial charge is 0.361 e. The summed E-state index contributed by atoms with van der Waals surface area (Å²) in [6.07, 6.45) is 24.1. The van der Waals surface area contributed by atoms with Crippen molar-refractivity contribution in [3.8, 4) is 0 Å². The second-order valence-corrected chi connectivity index (χ2v) is 12.7. The Morgan fingerprint density at radius 1 is 0.634 bits per heavy atom. The number of likely N-dealkylation sites (N-methyl/N-ethyl adjacent to an activating group) is 1. The molecule has 244 valence electrons. The highest BCUT2D eigenvalue weighted by Crippen LogP contribution is 2.15. The van der Waals surface area contributed by atoms with Gasteiger partial charge in [0.15, 0.2) is 0 Å². The summed E-state index contributed by atoms with van der Waals surface area (Å²) in [4.78, 5) is 23.2. The highest BCUT2D eigenvalue weighted by Gasteiger charge is 2.22. The highest BCUT2D eigenvalue weighted by molar-refractivity contribution is 5.70. The lowest BCUT2D eigenvalue weighted by Crippen LogP contribution is -2.40. The molecular weight excluding hydrogens is 522 g/mol. The van der Waals surface area contributed by atoms with Gasteiger partial charge in [0, 0.05) is 6.42 Å². The van der Waals surface area contributed by atoms with Crippen molar-refractivity contribution in [1.29, 1.82) is 0 Å². The lowest BCUT2D eigenvalue weighted by molar-refractivity contribution is -0.870. The number of carboxylic acid groups (broad SMARTS) is 1. The summed E-state index contributed by atoms with van der Waals surface area (Å²) in [5.41, 5.74) is 0. The Morgan fingerprint density at radius 2 is 1.05 bits per heavy atom. The summed E-state index contributed by atoms with van der Waals surface area (Å²) in [6.45, 7) is 2.60. The zero-order valence-corrected chi connectivity index (χ0v) is 27.2. The van der Waals surface area contributed by atoms with E-state index in [0.29, 0.717) is 17.4 Å². The Bertz CT molecular complexity index is 609. The molecule has 0 amide bonds. The zero-order chi connectivity index (χ0) is 30.6. The van der Waals surface area contributed by atoms with Crippen molar-refractivity contribution in [2.45, 2.75) is 154 Å². The van der Waals surface area contributed by atoms with Crippen LogP contribution in [0.25, 0.3) is 0 Å². The Hall–Kier alpha value is -1.22. The topological polar surface area (TPSA) is 102 Å². The van der Waals surface area contributed by atoms with Gasteiger partial charge >= 0.3 is 11.9 Å². The third kappa shape index (κ3) is 30.1. The van der Waals surface area contributed by atoms with Gasteiger partial charge in [-0.2, -0.15) is 0 Å². The largest absolute Gasteiger partial charge is 0.477 e. The first-order valence-electron chi connectivity index (χ1n) is 16.8. The molecule has 41 heavy (non-hydrogen) atoms. The molecule has 0 saturated carbocycles. The van der Waals surface area contributed by atoms with E-state index in [-0.39, 0.29) is 25.8 Å². The fourth-order valence-electron chi connectivity index (χ4n) is 4.66. The second kappa shape index (κ2) is 27.6. The number of esters is 1. The van der Waals surface area contributed by atoms with Crippen LogP contribution in [0.4, 0.5) is 0 Å². The number of rotatable bonds is 31. The maximum Gasteiger partial charge on any atom is 0.361 e. The number of quaternary nitrogens is 1. The lowest BCUT2D eigenvalue weighted by Gasteiger charge is -2.24. The molecule has 0 aliphatic rings. The molecule has 0 aromatic heterocycles. The van der Waals surface area contributed by atoms with Gasteiger partial charge in [0.05, 0.1) is 34.4 Å². The average molecular weight is 589 g/mol. The quantitative estimate of drug-likeness (QED) is 0.0380. The molecule has 2 unspecified atom stereocenters. The van der Waals surface area contributed by atoms with E-state index in [2.05, 4.69) is 6.92 Å². The van der Waals surface area contributed by atoms with Crippen LogP contribution in [0.15, 0.2) is 0 Å². The number of hydrogen-bond acceptors (Lipinski definition) is 6. The number of ether oxygens (including phenoxy) is 3. The fourth-order valence-corrected chi connectivity index (χ4v) is 4.66. The van der Waals surface area contributed by atoms with Crippen LogP contribution in [0, 0.1) is 0 Å². The number of carbonyl (C=O) groups excluding carboxylic acids is 1. The Kier molecular flexibility index (Phi) is 26.8. The first-order chi connectivity index (χ1) is 19.7. The van der Waals surface area contributed by atoms with E-state index in [0.717, 1.165) is 19.3 Å². The van der Waals surface area contributed by atoms with E-state index in [9.17, 15) is 19.8 Å². The van der Waals surface area contributed by atoms with Gasteiger partial charge in [-0.3, -0.25) is 4.79 Å². The van der Waals surface area contributed by atoms with Crippen LogP contribution in [0.1, 0.15) is 142 Å². The molecule has 0 spiro atoms. The monoisotopic (exact) mass is 588 g/mol. The number of unbranched alkanes of at least 4 members (excludes halogenated alkanes) is 19. The van der Waals surface area contributed by atoms with Crippen LogP contribution in [-0.2, 0) is 23.8 Å². The number of aliphatic carboxylic acids is 1. The van der Waals surface area contributed by atoms with Crippen LogP contribution in [0.2, 0.25) is 0 Å². The molecule has 8 heteroatoms. The van der Waals surface area contributed by atoms with Gasteiger partial charge in [0.25, 0.3) is 6.29 Å². The number of aliphatic hydroxyl groups is 1. The molecule has 0 bridgehead atoms. The van der Waals surface area contributed by atoms with E-state index < -0.39 is 18.4 Å². The summed E-state index contributed by atoms with van der Waals surface area (Å²) in [6, 6.07) is 0. The average Bonchev–Trinajstić information content (AvgIpc) is 2.91. The number of carbonyl (C=O) groups is 2. The Morgan fingerprint density at radius 3 is 1.44 bits per heavy atom. The summed E-state index contributed by atoms with van der Waals surface area (Å²) in [5.74, 6) is -1.60. The number of nitrogens with zero attached hydrogens (tertiary/aromatic N) is 1. The number of carboxylic acids is 1. The number of hydrogen-bond donors (Lipinski definition) is 2. The van der Waals surface area contributed by atoms with Crippen molar-refractivity contribution < 1.29 is 38.5 Å². The van der Waals surface area contributed by atoms with Crippen molar-refractivity contribution in [3.63, 3.8) is 0 Å². The molecule has 0 aromatic carbocycles. The van der Waals surface area contributed by atoms with Gasteiger partial charge in [0.2, 0.25) is 0 Å². The first-order valence-corrected chi connectivity index (χ1v) is 16.8. The van der Waals surface area contributed by atoms with E-state index in [1.807, 2.05) is 21.1 Å². The molecule has 2 atom stereocenters. The predicted molar refractivity (Wildman–Crippen MR) is 166 cm³/mol. The highest BCUT2D eigenvalue weighted by atomic mass is 16.7. The molecule has 0 saturated heterocycles. The third-order valence-electron chi connectivity index (χ3n) is 7.34. The summed E-state index contributed by atoms with van der Waals surface area (Å²) in [7, 11) is 5.92. The van der Waals surface area contributed by atoms with Gasteiger partial charge in [0.1, 0.15) is 19.3 Å². The molecule has 2 N–H and O–H groups in total. The van der Waals surface area contributed by atoms with E-state index in [1.165, 1.54) is 109 Å². The standard InChI is InChI=1S/C33H65NO7/c1-5-6-7-8-9-10-11-12-13-14-15-16-17-18-19-20-21-22-23-24-25-31(36)40-28-30(35)29-41-33(32(37)38)39-27-26-34(2,3)4/h30,33,35H,5-29H2,1-4H3/p+1. The van der Waals surface area contributed by atoms with Crippen LogP contribution in [0.3, 0.4) is 0 Å².